The van der Waals surface area contributed by atoms with Crippen molar-refractivity contribution in [2.45, 2.75) is 12.5 Å². The van der Waals surface area contributed by atoms with Crippen LogP contribution in [-0.4, -0.2) is 43.1 Å². The molecule has 0 aromatic heterocycles. The summed E-state index contributed by atoms with van der Waals surface area (Å²) in [6.07, 6.45) is 0.273. The van der Waals surface area contributed by atoms with Crippen LogP contribution in [0.25, 0.3) is 0 Å². The quantitative estimate of drug-likeness (QED) is 0.831. The molecule has 2 rings (SSSR count). The molecule has 0 saturated carbocycles. The van der Waals surface area contributed by atoms with Gasteiger partial charge < -0.3 is 14.9 Å². The summed E-state index contributed by atoms with van der Waals surface area (Å²) in [6.45, 7) is 1.09. The smallest absolute Gasteiger partial charge is 0.241 e. The second-order valence-corrected chi connectivity index (χ2v) is 4.57. The molecule has 1 aromatic carbocycles. The van der Waals surface area contributed by atoms with Crippen molar-refractivity contribution >= 4 is 11.6 Å². The first-order valence-corrected chi connectivity index (χ1v) is 5.81. The first-order valence-electron chi connectivity index (χ1n) is 5.81. The second-order valence-electron chi connectivity index (χ2n) is 4.57. The van der Waals surface area contributed by atoms with Gasteiger partial charge in [-0.05, 0) is 12.5 Å². The molecule has 17 heavy (non-hydrogen) atoms. The lowest BCUT2D eigenvalue weighted by Gasteiger charge is -2.33. The van der Waals surface area contributed by atoms with E-state index in [1.54, 1.807) is 19.0 Å². The Morgan fingerprint density at radius 3 is 2.88 bits per heavy atom. The topological polar surface area (TPSA) is 43.8 Å². The summed E-state index contributed by atoms with van der Waals surface area (Å²) in [6, 6.07) is 7.73. The number of carbonyl (C=O) groups is 1. The third kappa shape index (κ3) is 2.42. The monoisotopic (exact) mass is 234 g/mol. The zero-order valence-electron chi connectivity index (χ0n) is 10.3. The summed E-state index contributed by atoms with van der Waals surface area (Å²) >= 11 is 0. The molecule has 1 amide bonds. The van der Waals surface area contributed by atoms with E-state index in [4.69, 9.17) is 0 Å². The highest BCUT2D eigenvalue weighted by Crippen LogP contribution is 2.33. The number of aliphatic hydroxyl groups is 1. The fourth-order valence-electron chi connectivity index (χ4n) is 2.08. The SMILES string of the molecule is CN(C)C(=O)CN1CCC(O)c2ccccc21. The van der Waals surface area contributed by atoms with Crippen molar-refractivity contribution in [3.05, 3.63) is 29.8 Å². The molecule has 0 bridgehead atoms. The number of carbonyl (C=O) groups excluding carboxylic acids is 1. The summed E-state index contributed by atoms with van der Waals surface area (Å²) in [5.41, 5.74) is 1.90. The van der Waals surface area contributed by atoms with Gasteiger partial charge in [-0.25, -0.2) is 0 Å². The maximum absolute atomic E-state index is 11.7. The minimum absolute atomic E-state index is 0.0798. The van der Waals surface area contributed by atoms with Gasteiger partial charge in [-0.15, -0.1) is 0 Å². The van der Waals surface area contributed by atoms with Crippen LogP contribution in [0.15, 0.2) is 24.3 Å². The molecule has 1 atom stereocenters. The van der Waals surface area contributed by atoms with E-state index in [9.17, 15) is 9.90 Å². The first-order chi connectivity index (χ1) is 8.09. The maximum Gasteiger partial charge on any atom is 0.241 e. The highest BCUT2D eigenvalue weighted by atomic mass is 16.3. The molecule has 0 fully saturated rings. The Kier molecular flexibility index (Phi) is 3.33. The van der Waals surface area contributed by atoms with Crippen LogP contribution in [0.1, 0.15) is 18.1 Å². The van der Waals surface area contributed by atoms with E-state index in [-0.39, 0.29) is 5.91 Å². The van der Waals surface area contributed by atoms with E-state index < -0.39 is 6.10 Å². The lowest BCUT2D eigenvalue weighted by Crippen LogP contribution is -2.40. The molecule has 0 aliphatic carbocycles. The van der Waals surface area contributed by atoms with Crippen LogP contribution in [0, 0.1) is 0 Å². The number of hydrogen-bond donors (Lipinski definition) is 1. The number of benzene rings is 1. The molecule has 92 valence electrons. The molecule has 1 heterocycles. The molecule has 1 aromatic rings. The number of rotatable bonds is 2. The van der Waals surface area contributed by atoms with Crippen LogP contribution in [0.2, 0.25) is 0 Å². The molecule has 1 N–H and O–H groups in total. The van der Waals surface area contributed by atoms with Gasteiger partial charge in [0.05, 0.1) is 12.6 Å². The Morgan fingerprint density at radius 1 is 1.47 bits per heavy atom. The fourth-order valence-corrected chi connectivity index (χ4v) is 2.08. The van der Waals surface area contributed by atoms with Gasteiger partial charge in [0.25, 0.3) is 0 Å². The summed E-state index contributed by atoms with van der Waals surface area (Å²) in [4.78, 5) is 15.3. The van der Waals surface area contributed by atoms with Crippen LogP contribution in [-0.2, 0) is 4.79 Å². The Labute approximate surface area is 101 Å². The van der Waals surface area contributed by atoms with Crippen LogP contribution in [0.5, 0.6) is 0 Å². The normalized spacial score (nSPS) is 18.8. The van der Waals surface area contributed by atoms with Crippen LogP contribution in [0.3, 0.4) is 0 Å². The largest absolute Gasteiger partial charge is 0.388 e. The average molecular weight is 234 g/mol. The number of anilines is 1. The van der Waals surface area contributed by atoms with Gasteiger partial charge in [0.15, 0.2) is 0 Å². The van der Waals surface area contributed by atoms with Crippen molar-refractivity contribution in [3.63, 3.8) is 0 Å². The van der Waals surface area contributed by atoms with E-state index in [2.05, 4.69) is 0 Å². The van der Waals surface area contributed by atoms with Gasteiger partial charge in [-0.1, -0.05) is 18.2 Å². The van der Waals surface area contributed by atoms with Crippen molar-refractivity contribution in [1.82, 2.24) is 4.90 Å². The molecule has 4 heteroatoms. The zero-order valence-corrected chi connectivity index (χ0v) is 10.3. The highest BCUT2D eigenvalue weighted by Gasteiger charge is 2.24. The fraction of sp³-hybridized carbons (Fsp3) is 0.462. The van der Waals surface area contributed by atoms with E-state index in [0.717, 1.165) is 17.8 Å². The van der Waals surface area contributed by atoms with Crippen molar-refractivity contribution in [3.8, 4) is 0 Å². The number of aliphatic hydroxyl groups excluding tert-OH is 1. The lowest BCUT2D eigenvalue weighted by molar-refractivity contribution is -0.127. The van der Waals surface area contributed by atoms with E-state index in [1.807, 2.05) is 29.2 Å². The Balaban J connectivity index is 2.21. The van der Waals surface area contributed by atoms with Gasteiger partial charge in [-0.3, -0.25) is 4.79 Å². The van der Waals surface area contributed by atoms with E-state index in [1.165, 1.54) is 0 Å². The second kappa shape index (κ2) is 4.75. The summed E-state index contributed by atoms with van der Waals surface area (Å²) < 4.78 is 0. The summed E-state index contributed by atoms with van der Waals surface area (Å²) in [7, 11) is 3.51. The van der Waals surface area contributed by atoms with Crippen molar-refractivity contribution in [2.24, 2.45) is 0 Å². The number of nitrogens with zero attached hydrogens (tertiary/aromatic N) is 2. The minimum atomic E-state index is -0.406. The predicted octanol–water partition coefficient (Wildman–Crippen LogP) is 1.02. The molecule has 0 spiro atoms. The van der Waals surface area contributed by atoms with E-state index in [0.29, 0.717) is 13.0 Å². The Hall–Kier alpha value is -1.55. The van der Waals surface area contributed by atoms with Crippen LogP contribution < -0.4 is 4.90 Å². The van der Waals surface area contributed by atoms with Crippen molar-refractivity contribution in [2.75, 3.05) is 32.1 Å². The third-order valence-corrected chi connectivity index (χ3v) is 3.13. The molecule has 1 unspecified atom stereocenters. The predicted molar refractivity (Wildman–Crippen MR) is 66.9 cm³/mol. The Bertz CT molecular complexity index is 418. The zero-order chi connectivity index (χ0) is 12.4. The van der Waals surface area contributed by atoms with Gasteiger partial charge in [0, 0.05) is 31.9 Å². The van der Waals surface area contributed by atoms with Crippen molar-refractivity contribution < 1.29 is 9.90 Å². The average Bonchev–Trinajstić information content (AvgIpc) is 2.33. The molecule has 1 aliphatic rings. The first kappa shape index (κ1) is 11.9. The third-order valence-electron chi connectivity index (χ3n) is 3.13. The van der Waals surface area contributed by atoms with Crippen molar-refractivity contribution in [1.29, 1.82) is 0 Å². The molecule has 4 nitrogen and oxygen atoms in total. The van der Waals surface area contributed by atoms with Crippen LogP contribution in [0.4, 0.5) is 5.69 Å². The lowest BCUT2D eigenvalue weighted by atomic mass is 9.99. The number of likely N-dealkylation sites (N-methyl/N-ethyl adjacent to an activating group) is 1. The van der Waals surface area contributed by atoms with Gasteiger partial charge in [0.2, 0.25) is 5.91 Å². The minimum Gasteiger partial charge on any atom is -0.388 e. The number of para-hydroxylation sites is 1. The number of amides is 1. The standard InChI is InChI=1S/C13H18N2O2/c1-14(2)13(17)9-15-8-7-12(16)10-5-3-4-6-11(10)15/h3-6,12,16H,7-9H2,1-2H3. The molecule has 0 saturated heterocycles. The summed E-state index contributed by atoms with van der Waals surface area (Å²) in [5.74, 6) is 0.0798. The van der Waals surface area contributed by atoms with Gasteiger partial charge in [-0.2, -0.15) is 0 Å². The highest BCUT2D eigenvalue weighted by molar-refractivity contribution is 5.81. The van der Waals surface area contributed by atoms with E-state index >= 15 is 0 Å². The van der Waals surface area contributed by atoms with Gasteiger partial charge in [0.1, 0.15) is 0 Å². The maximum atomic E-state index is 11.7. The summed E-state index contributed by atoms with van der Waals surface area (Å²) in [5, 5.41) is 9.90. The molecule has 1 aliphatic heterocycles. The molecular formula is C13H18N2O2. The number of fused-ring (bicyclic) bond motifs is 1. The van der Waals surface area contributed by atoms with Crippen LogP contribution >= 0.6 is 0 Å². The number of hydrogen-bond acceptors (Lipinski definition) is 3. The molecular weight excluding hydrogens is 216 g/mol. The Morgan fingerprint density at radius 2 is 2.18 bits per heavy atom. The van der Waals surface area contributed by atoms with Gasteiger partial charge >= 0.3 is 0 Å². The molecule has 0 radical (unpaired) electrons.